The molecule has 2 fully saturated rings. The molecule has 0 aliphatic heterocycles. The van der Waals surface area contributed by atoms with Gasteiger partial charge in [0.05, 0.1) is 5.54 Å². The first-order chi connectivity index (χ1) is 9.21. The third-order valence-corrected chi connectivity index (χ3v) is 5.97. The summed E-state index contributed by atoms with van der Waals surface area (Å²) in [5.74, 6) is 0.738. The van der Waals surface area contributed by atoms with Gasteiger partial charge in [0, 0.05) is 14.0 Å². The maximum atomic E-state index is 12.2. The van der Waals surface area contributed by atoms with Crippen molar-refractivity contribution in [1.82, 2.24) is 4.90 Å². The number of nitrogens with zero attached hydrogens (tertiary/aromatic N) is 1. The van der Waals surface area contributed by atoms with E-state index in [1.165, 1.54) is 26.2 Å². The predicted molar refractivity (Wildman–Crippen MR) is 73.9 cm³/mol. The van der Waals surface area contributed by atoms with Crippen LogP contribution in [-0.2, 0) is 14.3 Å². The van der Waals surface area contributed by atoms with Crippen molar-refractivity contribution in [1.29, 1.82) is 0 Å². The Bertz CT molecular complexity index is 420. The molecule has 20 heavy (non-hydrogen) atoms. The summed E-state index contributed by atoms with van der Waals surface area (Å²) < 4.78 is 9.70. The molecule has 0 aromatic rings. The Morgan fingerprint density at radius 3 is 2.25 bits per heavy atom. The van der Waals surface area contributed by atoms with Gasteiger partial charge >= 0.3 is 12.1 Å². The third kappa shape index (κ3) is 2.07. The van der Waals surface area contributed by atoms with Crippen molar-refractivity contribution in [2.24, 2.45) is 17.3 Å². The Kier molecular flexibility index (Phi) is 3.73. The molecule has 2 saturated carbocycles. The van der Waals surface area contributed by atoms with Crippen LogP contribution < -0.4 is 0 Å². The Labute approximate surface area is 120 Å². The van der Waals surface area contributed by atoms with Crippen LogP contribution >= 0.6 is 0 Å². The zero-order chi connectivity index (χ0) is 15.1. The normalized spacial score (nSPS) is 33.9. The van der Waals surface area contributed by atoms with Gasteiger partial charge in [0.25, 0.3) is 0 Å². The van der Waals surface area contributed by atoms with E-state index >= 15 is 0 Å². The summed E-state index contributed by atoms with van der Waals surface area (Å²) in [6.07, 6.45) is 3.19. The van der Waals surface area contributed by atoms with Crippen LogP contribution in [0.4, 0.5) is 4.79 Å². The fourth-order valence-electron chi connectivity index (χ4n) is 4.24. The summed E-state index contributed by atoms with van der Waals surface area (Å²) in [4.78, 5) is 24.6. The molecule has 0 saturated heterocycles. The fourth-order valence-corrected chi connectivity index (χ4v) is 4.24. The zero-order valence-corrected chi connectivity index (χ0v) is 13.1. The molecular formula is C15H25NO4. The molecule has 2 aliphatic rings. The third-order valence-electron chi connectivity index (χ3n) is 5.97. The Morgan fingerprint density at radius 1 is 1.15 bits per heavy atom. The standard InChI is InChI=1S/C15H25NO4/c1-10(17)19-9-20-13(18)16(5)15(4)12-7-6-11(8-12)14(15,2)3/h11-12H,6-9H2,1-5H3. The molecule has 5 nitrogen and oxygen atoms in total. The van der Waals surface area contributed by atoms with Crippen LogP contribution in [0, 0.1) is 17.3 Å². The number of hydrogen-bond donors (Lipinski definition) is 0. The number of hydrogen-bond acceptors (Lipinski definition) is 4. The summed E-state index contributed by atoms with van der Waals surface area (Å²) in [6, 6.07) is 0. The second kappa shape index (κ2) is 4.93. The minimum Gasteiger partial charge on any atom is -0.428 e. The van der Waals surface area contributed by atoms with E-state index in [2.05, 4.69) is 25.5 Å². The van der Waals surface area contributed by atoms with Crippen molar-refractivity contribution in [3.8, 4) is 0 Å². The van der Waals surface area contributed by atoms with E-state index < -0.39 is 12.1 Å². The summed E-state index contributed by atoms with van der Waals surface area (Å²) in [7, 11) is 1.79. The molecule has 0 aromatic heterocycles. The van der Waals surface area contributed by atoms with E-state index in [4.69, 9.17) is 4.74 Å². The van der Waals surface area contributed by atoms with Crippen molar-refractivity contribution in [2.45, 2.75) is 52.5 Å². The van der Waals surface area contributed by atoms with Gasteiger partial charge in [-0.2, -0.15) is 0 Å². The molecule has 1 amide bonds. The van der Waals surface area contributed by atoms with Gasteiger partial charge < -0.3 is 14.4 Å². The fraction of sp³-hybridized carbons (Fsp3) is 0.867. The highest BCUT2D eigenvalue weighted by Gasteiger charge is 2.63. The highest BCUT2D eigenvalue weighted by Crippen LogP contribution is 2.63. The Balaban J connectivity index is 2.06. The average Bonchev–Trinajstić information content (AvgIpc) is 2.91. The van der Waals surface area contributed by atoms with Crippen molar-refractivity contribution >= 4 is 12.1 Å². The van der Waals surface area contributed by atoms with Crippen LogP contribution in [-0.4, -0.2) is 36.3 Å². The summed E-state index contributed by atoms with van der Waals surface area (Å²) in [6.45, 7) is 7.62. The molecule has 2 bridgehead atoms. The van der Waals surface area contributed by atoms with Crippen LogP contribution in [0.15, 0.2) is 0 Å². The van der Waals surface area contributed by atoms with Crippen LogP contribution in [0.1, 0.15) is 47.0 Å². The summed E-state index contributed by atoms with van der Waals surface area (Å²) >= 11 is 0. The quantitative estimate of drug-likeness (QED) is 0.590. The van der Waals surface area contributed by atoms with Crippen molar-refractivity contribution in [3.63, 3.8) is 0 Å². The lowest BCUT2D eigenvalue weighted by Gasteiger charge is -2.52. The van der Waals surface area contributed by atoms with Gasteiger partial charge in [-0.25, -0.2) is 4.79 Å². The van der Waals surface area contributed by atoms with Crippen LogP contribution in [0.5, 0.6) is 0 Å². The SMILES string of the molecule is CC(=O)OCOC(=O)N(C)C1(C)C2CCC(C2)C1(C)C. The molecule has 0 N–H and O–H groups in total. The molecule has 3 atom stereocenters. The van der Waals surface area contributed by atoms with Gasteiger partial charge in [0.1, 0.15) is 0 Å². The molecular weight excluding hydrogens is 258 g/mol. The molecule has 5 heteroatoms. The van der Waals surface area contributed by atoms with Gasteiger partial charge in [-0.15, -0.1) is 0 Å². The molecule has 0 heterocycles. The average molecular weight is 283 g/mol. The number of amides is 1. The van der Waals surface area contributed by atoms with E-state index in [0.717, 1.165) is 0 Å². The van der Waals surface area contributed by atoms with Crippen LogP contribution in [0.3, 0.4) is 0 Å². The van der Waals surface area contributed by atoms with E-state index in [1.807, 2.05) is 0 Å². The molecule has 0 radical (unpaired) electrons. The second-order valence-corrected chi connectivity index (χ2v) is 6.80. The van der Waals surface area contributed by atoms with Crippen LogP contribution in [0.2, 0.25) is 0 Å². The first kappa shape index (κ1) is 15.1. The van der Waals surface area contributed by atoms with Gasteiger partial charge in [-0.05, 0) is 43.4 Å². The zero-order valence-electron chi connectivity index (χ0n) is 13.1. The Hall–Kier alpha value is -1.26. The van der Waals surface area contributed by atoms with Crippen molar-refractivity contribution < 1.29 is 19.1 Å². The number of ether oxygens (including phenoxy) is 2. The Morgan fingerprint density at radius 2 is 1.75 bits per heavy atom. The highest BCUT2D eigenvalue weighted by molar-refractivity contribution is 5.69. The molecule has 2 aliphatic carbocycles. The lowest BCUT2D eigenvalue weighted by molar-refractivity contribution is -0.150. The predicted octanol–water partition coefficient (Wildman–Crippen LogP) is 2.79. The maximum absolute atomic E-state index is 12.2. The second-order valence-electron chi connectivity index (χ2n) is 6.80. The van der Waals surface area contributed by atoms with Gasteiger partial charge in [-0.1, -0.05) is 13.8 Å². The minimum absolute atomic E-state index is 0.0745. The summed E-state index contributed by atoms with van der Waals surface area (Å²) in [5.41, 5.74) is -0.131. The first-order valence-corrected chi connectivity index (χ1v) is 7.25. The van der Waals surface area contributed by atoms with E-state index in [1.54, 1.807) is 11.9 Å². The molecule has 0 spiro atoms. The highest BCUT2D eigenvalue weighted by atomic mass is 16.7. The largest absolute Gasteiger partial charge is 0.428 e. The van der Waals surface area contributed by atoms with Gasteiger partial charge in [0.2, 0.25) is 6.79 Å². The lowest BCUT2D eigenvalue weighted by Crippen LogP contribution is -2.59. The van der Waals surface area contributed by atoms with Crippen molar-refractivity contribution in [2.75, 3.05) is 13.8 Å². The molecule has 0 aromatic carbocycles. The van der Waals surface area contributed by atoms with Gasteiger partial charge in [0.15, 0.2) is 0 Å². The monoisotopic (exact) mass is 283 g/mol. The molecule has 114 valence electrons. The molecule has 2 rings (SSSR count). The van der Waals surface area contributed by atoms with Crippen molar-refractivity contribution in [3.05, 3.63) is 0 Å². The maximum Gasteiger partial charge on any atom is 0.412 e. The van der Waals surface area contributed by atoms with Crippen LogP contribution in [0.25, 0.3) is 0 Å². The van der Waals surface area contributed by atoms with Gasteiger partial charge in [-0.3, -0.25) is 4.79 Å². The number of esters is 1. The van der Waals surface area contributed by atoms with E-state index in [-0.39, 0.29) is 17.7 Å². The van der Waals surface area contributed by atoms with E-state index in [9.17, 15) is 9.59 Å². The lowest BCUT2D eigenvalue weighted by atomic mass is 9.63. The number of fused-ring (bicyclic) bond motifs is 2. The number of carbonyl (C=O) groups is 2. The number of rotatable bonds is 3. The van der Waals surface area contributed by atoms with E-state index in [0.29, 0.717) is 11.8 Å². The molecule has 3 unspecified atom stereocenters. The first-order valence-electron chi connectivity index (χ1n) is 7.25. The topological polar surface area (TPSA) is 55.8 Å². The smallest absolute Gasteiger partial charge is 0.412 e. The minimum atomic E-state index is -0.452. The number of carbonyl (C=O) groups excluding carboxylic acids is 2. The summed E-state index contributed by atoms with van der Waals surface area (Å²) in [5, 5.41) is 0.